The number of ether oxygens (including phenoxy) is 1. The molecule has 0 spiro atoms. The van der Waals surface area contributed by atoms with Crippen molar-refractivity contribution in [1.29, 1.82) is 0 Å². The van der Waals surface area contributed by atoms with Gasteiger partial charge in [0.05, 0.1) is 12.0 Å². The number of hydrogen-bond acceptors (Lipinski definition) is 5. The standard InChI is InChI=1S/C19H20N2O5S/c1-21-16(22)9-14(18(21)15-6-3-7-27-15)19(25)20-10-12-4-2-5-13(8-12)26-11-17(23)24/h2-8,14,18H,9-11H2,1H3,(H,20,25)(H,23,24)/t14-,18+/m1/s1. The van der Waals surface area contributed by atoms with Gasteiger partial charge in [-0.1, -0.05) is 18.2 Å². The van der Waals surface area contributed by atoms with E-state index in [1.165, 1.54) is 11.3 Å². The normalized spacial score (nSPS) is 19.1. The van der Waals surface area contributed by atoms with E-state index in [2.05, 4.69) is 5.32 Å². The van der Waals surface area contributed by atoms with Gasteiger partial charge < -0.3 is 20.1 Å². The first-order valence-electron chi connectivity index (χ1n) is 8.46. The molecule has 7 nitrogen and oxygen atoms in total. The predicted molar refractivity (Wildman–Crippen MR) is 99.4 cm³/mol. The lowest BCUT2D eigenvalue weighted by Gasteiger charge is -2.23. The fourth-order valence-corrected chi connectivity index (χ4v) is 4.10. The van der Waals surface area contributed by atoms with Crippen LogP contribution in [0.25, 0.3) is 0 Å². The molecule has 2 atom stereocenters. The predicted octanol–water partition coefficient (Wildman–Crippen LogP) is 2.05. The average Bonchev–Trinajstić information content (AvgIpc) is 3.27. The van der Waals surface area contributed by atoms with Crippen LogP contribution in [0.2, 0.25) is 0 Å². The molecule has 0 unspecified atom stereocenters. The van der Waals surface area contributed by atoms with Crippen LogP contribution < -0.4 is 10.1 Å². The summed E-state index contributed by atoms with van der Waals surface area (Å²) in [6.45, 7) is -0.149. The van der Waals surface area contributed by atoms with Gasteiger partial charge in [0.2, 0.25) is 11.8 Å². The summed E-state index contributed by atoms with van der Waals surface area (Å²) in [5.41, 5.74) is 0.789. The maximum Gasteiger partial charge on any atom is 0.341 e. The van der Waals surface area contributed by atoms with E-state index in [1.54, 1.807) is 30.1 Å². The molecule has 1 aromatic carbocycles. The van der Waals surface area contributed by atoms with Gasteiger partial charge in [0, 0.05) is 24.9 Å². The van der Waals surface area contributed by atoms with Crippen molar-refractivity contribution in [3.05, 3.63) is 52.2 Å². The summed E-state index contributed by atoms with van der Waals surface area (Å²) in [5, 5.41) is 13.5. The molecular weight excluding hydrogens is 368 g/mol. The second-order valence-electron chi connectivity index (χ2n) is 6.32. The van der Waals surface area contributed by atoms with E-state index in [9.17, 15) is 14.4 Å². The summed E-state index contributed by atoms with van der Waals surface area (Å²) in [5.74, 6) is -1.28. The SMILES string of the molecule is CN1C(=O)C[C@@H](C(=O)NCc2cccc(OCC(=O)O)c2)[C@H]1c1cccs1. The van der Waals surface area contributed by atoms with Crippen molar-refractivity contribution in [2.45, 2.75) is 19.0 Å². The Hall–Kier alpha value is -2.87. The molecule has 0 radical (unpaired) electrons. The van der Waals surface area contributed by atoms with E-state index >= 15 is 0 Å². The molecule has 27 heavy (non-hydrogen) atoms. The minimum absolute atomic E-state index is 0.0439. The summed E-state index contributed by atoms with van der Waals surface area (Å²) in [6.07, 6.45) is 0.187. The van der Waals surface area contributed by atoms with Gasteiger partial charge in [0.15, 0.2) is 6.61 Å². The lowest BCUT2D eigenvalue weighted by molar-refractivity contribution is -0.139. The second-order valence-corrected chi connectivity index (χ2v) is 7.30. The van der Waals surface area contributed by atoms with Gasteiger partial charge in [0.25, 0.3) is 0 Å². The Labute approximate surface area is 160 Å². The zero-order valence-corrected chi connectivity index (χ0v) is 15.6. The van der Waals surface area contributed by atoms with Crippen LogP contribution in [-0.2, 0) is 20.9 Å². The third-order valence-corrected chi connectivity index (χ3v) is 5.43. The number of carboxylic acid groups (broad SMARTS) is 1. The molecule has 1 saturated heterocycles. The lowest BCUT2D eigenvalue weighted by atomic mass is 9.98. The first-order valence-corrected chi connectivity index (χ1v) is 9.34. The van der Waals surface area contributed by atoms with E-state index in [-0.39, 0.29) is 30.8 Å². The van der Waals surface area contributed by atoms with Crippen molar-refractivity contribution in [3.8, 4) is 5.75 Å². The van der Waals surface area contributed by atoms with Crippen LogP contribution in [0.1, 0.15) is 22.9 Å². The molecule has 2 N–H and O–H groups in total. The minimum Gasteiger partial charge on any atom is -0.482 e. The second kappa shape index (κ2) is 8.22. The third kappa shape index (κ3) is 4.46. The largest absolute Gasteiger partial charge is 0.482 e. The van der Waals surface area contributed by atoms with E-state index in [0.717, 1.165) is 10.4 Å². The number of nitrogens with zero attached hydrogens (tertiary/aromatic N) is 1. The lowest BCUT2D eigenvalue weighted by Crippen LogP contribution is -2.33. The van der Waals surface area contributed by atoms with Gasteiger partial charge in [-0.15, -0.1) is 11.3 Å². The van der Waals surface area contributed by atoms with Crippen LogP contribution in [0.4, 0.5) is 0 Å². The van der Waals surface area contributed by atoms with Gasteiger partial charge in [-0.05, 0) is 29.1 Å². The number of carbonyl (C=O) groups excluding carboxylic acids is 2. The molecule has 2 heterocycles. The van der Waals surface area contributed by atoms with E-state index in [4.69, 9.17) is 9.84 Å². The summed E-state index contributed by atoms with van der Waals surface area (Å²) in [4.78, 5) is 38.1. The van der Waals surface area contributed by atoms with Crippen molar-refractivity contribution in [2.75, 3.05) is 13.7 Å². The Morgan fingerprint density at radius 1 is 1.33 bits per heavy atom. The summed E-state index contributed by atoms with van der Waals surface area (Å²) in [6, 6.07) is 10.5. The number of benzene rings is 1. The number of likely N-dealkylation sites (tertiary alicyclic amines) is 1. The van der Waals surface area contributed by atoms with Crippen LogP contribution in [0, 0.1) is 5.92 Å². The molecule has 142 valence electrons. The first-order chi connectivity index (χ1) is 13.0. The molecule has 0 aliphatic carbocycles. The number of hydrogen-bond donors (Lipinski definition) is 2. The highest BCUT2D eigenvalue weighted by Gasteiger charge is 2.43. The molecule has 1 aliphatic rings. The number of carbonyl (C=O) groups is 3. The van der Waals surface area contributed by atoms with Gasteiger partial charge in [0.1, 0.15) is 5.75 Å². The fourth-order valence-electron chi connectivity index (χ4n) is 3.16. The minimum atomic E-state index is -1.05. The highest BCUT2D eigenvalue weighted by atomic mass is 32.1. The summed E-state index contributed by atoms with van der Waals surface area (Å²) >= 11 is 1.53. The van der Waals surface area contributed by atoms with Gasteiger partial charge in [-0.2, -0.15) is 0 Å². The van der Waals surface area contributed by atoms with Crippen molar-refractivity contribution in [1.82, 2.24) is 10.2 Å². The van der Waals surface area contributed by atoms with Gasteiger partial charge in [-0.25, -0.2) is 4.79 Å². The van der Waals surface area contributed by atoms with E-state index in [0.29, 0.717) is 5.75 Å². The Bertz CT molecular complexity index is 836. The van der Waals surface area contributed by atoms with Crippen LogP contribution in [0.5, 0.6) is 5.75 Å². The number of aliphatic carboxylic acids is 1. The number of nitrogens with one attached hydrogen (secondary N) is 1. The van der Waals surface area contributed by atoms with Gasteiger partial charge >= 0.3 is 5.97 Å². The Morgan fingerprint density at radius 3 is 2.85 bits per heavy atom. The molecule has 2 amide bonds. The first kappa shape index (κ1) is 18.9. The van der Waals surface area contributed by atoms with Crippen LogP contribution in [0.3, 0.4) is 0 Å². The molecule has 0 bridgehead atoms. The fraction of sp³-hybridized carbons (Fsp3) is 0.316. The molecule has 0 saturated carbocycles. The summed E-state index contributed by atoms with van der Waals surface area (Å²) in [7, 11) is 1.73. The monoisotopic (exact) mass is 388 g/mol. The number of thiophene rings is 1. The number of amides is 2. The van der Waals surface area contributed by atoms with E-state index in [1.807, 2.05) is 23.6 Å². The van der Waals surface area contributed by atoms with Gasteiger partial charge in [-0.3, -0.25) is 9.59 Å². The Balaban J connectivity index is 1.64. The number of carboxylic acids is 1. The zero-order chi connectivity index (χ0) is 19.4. The molecule has 8 heteroatoms. The Kier molecular flexibility index (Phi) is 5.75. The number of rotatable bonds is 7. The van der Waals surface area contributed by atoms with Crippen molar-refractivity contribution < 1.29 is 24.2 Å². The van der Waals surface area contributed by atoms with E-state index < -0.39 is 18.5 Å². The highest BCUT2D eigenvalue weighted by Crippen LogP contribution is 2.39. The third-order valence-electron chi connectivity index (χ3n) is 4.49. The maximum atomic E-state index is 12.7. The quantitative estimate of drug-likeness (QED) is 0.757. The topological polar surface area (TPSA) is 95.9 Å². The Morgan fingerprint density at radius 2 is 2.15 bits per heavy atom. The van der Waals surface area contributed by atoms with Crippen molar-refractivity contribution in [3.63, 3.8) is 0 Å². The smallest absolute Gasteiger partial charge is 0.341 e. The van der Waals surface area contributed by atoms with Crippen molar-refractivity contribution >= 4 is 29.1 Å². The van der Waals surface area contributed by atoms with Crippen LogP contribution >= 0.6 is 11.3 Å². The van der Waals surface area contributed by atoms with Crippen molar-refractivity contribution in [2.24, 2.45) is 5.92 Å². The van der Waals surface area contributed by atoms with Crippen LogP contribution in [0.15, 0.2) is 41.8 Å². The van der Waals surface area contributed by atoms with Crippen LogP contribution in [-0.4, -0.2) is 41.4 Å². The molecule has 3 rings (SSSR count). The highest BCUT2D eigenvalue weighted by molar-refractivity contribution is 7.10. The summed E-state index contributed by atoms with van der Waals surface area (Å²) < 4.78 is 5.15. The molecule has 1 fully saturated rings. The molecule has 2 aromatic rings. The average molecular weight is 388 g/mol. The molecule has 1 aliphatic heterocycles. The zero-order valence-electron chi connectivity index (χ0n) is 14.8. The maximum absolute atomic E-state index is 12.7. The molecule has 1 aromatic heterocycles. The molecular formula is C19H20N2O5S.